The van der Waals surface area contributed by atoms with E-state index in [1.54, 1.807) is 12.1 Å². The Labute approximate surface area is 160 Å². The molecule has 0 saturated carbocycles. The maximum Gasteiger partial charge on any atom is 0.302 e. The van der Waals surface area contributed by atoms with E-state index < -0.39 is 33.4 Å². The van der Waals surface area contributed by atoms with E-state index in [-0.39, 0.29) is 23.4 Å². The molecule has 9 nitrogen and oxygen atoms in total. The van der Waals surface area contributed by atoms with Crippen LogP contribution in [0.5, 0.6) is 0 Å². The Hall–Kier alpha value is -3.04. The van der Waals surface area contributed by atoms with Gasteiger partial charge in [-0.05, 0) is 42.9 Å². The summed E-state index contributed by atoms with van der Waals surface area (Å²) in [5, 5.41) is 46.5. The topological polar surface area (TPSA) is 139 Å². The van der Waals surface area contributed by atoms with Gasteiger partial charge < -0.3 is 15.5 Å². The van der Waals surface area contributed by atoms with Crippen molar-refractivity contribution < 1.29 is 20.1 Å². The minimum Gasteiger partial charge on any atom is -0.392 e. The molecule has 148 valence electrons. The van der Waals surface area contributed by atoms with Crippen LogP contribution in [0.2, 0.25) is 0 Å². The minimum absolute atomic E-state index is 0.108. The van der Waals surface area contributed by atoms with Crippen LogP contribution in [0.15, 0.2) is 30.3 Å². The highest BCUT2D eigenvalue weighted by Crippen LogP contribution is 2.41. The fourth-order valence-electron chi connectivity index (χ4n) is 3.83. The largest absolute Gasteiger partial charge is 0.392 e. The molecular formula is C19H21N3O6. The molecular weight excluding hydrogens is 366 g/mol. The van der Waals surface area contributed by atoms with Crippen molar-refractivity contribution in [3.8, 4) is 0 Å². The van der Waals surface area contributed by atoms with Crippen LogP contribution in [0.4, 0.5) is 17.1 Å². The zero-order valence-corrected chi connectivity index (χ0v) is 15.3. The van der Waals surface area contributed by atoms with Crippen molar-refractivity contribution in [1.82, 2.24) is 0 Å². The fraction of sp³-hybridized carbons (Fsp3) is 0.368. The number of aryl methyl sites for hydroxylation is 1. The average Bonchev–Trinajstić information content (AvgIpc) is 2.66. The lowest BCUT2D eigenvalue weighted by Crippen LogP contribution is -2.37. The van der Waals surface area contributed by atoms with Gasteiger partial charge in [0.1, 0.15) is 5.60 Å². The van der Waals surface area contributed by atoms with Crippen LogP contribution in [-0.4, -0.2) is 26.6 Å². The van der Waals surface area contributed by atoms with Crippen LogP contribution in [0.3, 0.4) is 0 Å². The van der Waals surface area contributed by atoms with Gasteiger partial charge in [0.25, 0.3) is 5.69 Å². The third kappa shape index (κ3) is 3.41. The smallest absolute Gasteiger partial charge is 0.302 e. The van der Waals surface area contributed by atoms with E-state index in [0.717, 1.165) is 30.0 Å². The van der Waals surface area contributed by atoms with Crippen LogP contribution >= 0.6 is 0 Å². The molecule has 0 amide bonds. The lowest BCUT2D eigenvalue weighted by atomic mass is 9.79. The molecule has 0 radical (unpaired) electrons. The maximum atomic E-state index is 11.6. The van der Waals surface area contributed by atoms with Crippen LogP contribution < -0.4 is 5.32 Å². The Bertz CT molecular complexity index is 946. The van der Waals surface area contributed by atoms with Gasteiger partial charge in [-0.15, -0.1) is 0 Å². The molecule has 0 heterocycles. The third-order valence-corrected chi connectivity index (χ3v) is 5.30. The number of aliphatic hydroxyl groups excluding tert-OH is 1. The minimum atomic E-state index is -1.29. The normalized spacial score (nSPS) is 18.4. The van der Waals surface area contributed by atoms with Gasteiger partial charge in [-0.3, -0.25) is 20.2 Å². The quantitative estimate of drug-likeness (QED) is 0.511. The van der Waals surface area contributed by atoms with Gasteiger partial charge >= 0.3 is 5.69 Å². The van der Waals surface area contributed by atoms with Gasteiger partial charge in [0, 0.05) is 18.2 Å². The molecule has 0 fully saturated rings. The number of hydrogen-bond donors (Lipinski definition) is 3. The van der Waals surface area contributed by atoms with Crippen molar-refractivity contribution in [3.63, 3.8) is 0 Å². The number of nitrogens with zero attached hydrogens (tertiary/aromatic N) is 2. The fourth-order valence-corrected chi connectivity index (χ4v) is 3.83. The van der Waals surface area contributed by atoms with Crippen molar-refractivity contribution in [2.45, 2.75) is 38.4 Å². The Kier molecular flexibility index (Phi) is 5.30. The number of nitro groups is 2. The maximum absolute atomic E-state index is 11.6. The zero-order chi connectivity index (χ0) is 20.5. The first-order valence-corrected chi connectivity index (χ1v) is 8.89. The molecule has 1 aliphatic carbocycles. The highest BCUT2D eigenvalue weighted by molar-refractivity contribution is 5.78. The lowest BCUT2D eigenvalue weighted by molar-refractivity contribution is -0.392. The highest BCUT2D eigenvalue weighted by Gasteiger charge is 2.37. The van der Waals surface area contributed by atoms with E-state index in [4.69, 9.17) is 0 Å². The van der Waals surface area contributed by atoms with Crippen LogP contribution in [-0.2, 0) is 18.6 Å². The summed E-state index contributed by atoms with van der Waals surface area (Å²) in [6, 6.07) is 8.54. The molecule has 0 saturated heterocycles. The molecule has 0 aliphatic heterocycles. The molecule has 0 bridgehead atoms. The Morgan fingerprint density at radius 3 is 2.57 bits per heavy atom. The molecule has 3 N–H and O–H groups in total. The lowest BCUT2D eigenvalue weighted by Gasteiger charge is -2.34. The van der Waals surface area contributed by atoms with E-state index in [1.165, 1.54) is 6.92 Å². The molecule has 1 unspecified atom stereocenters. The average molecular weight is 387 g/mol. The van der Waals surface area contributed by atoms with E-state index >= 15 is 0 Å². The summed E-state index contributed by atoms with van der Waals surface area (Å²) in [5.41, 5.74) is -0.541. The number of anilines is 1. The first-order valence-electron chi connectivity index (χ1n) is 8.89. The van der Waals surface area contributed by atoms with Crippen LogP contribution in [0.25, 0.3) is 0 Å². The second-order valence-corrected chi connectivity index (χ2v) is 6.97. The Morgan fingerprint density at radius 2 is 1.93 bits per heavy atom. The molecule has 1 atom stereocenters. The van der Waals surface area contributed by atoms with Gasteiger partial charge in [-0.25, -0.2) is 0 Å². The summed E-state index contributed by atoms with van der Waals surface area (Å²) in [5.74, 6) is 0. The van der Waals surface area contributed by atoms with E-state index in [0.29, 0.717) is 6.42 Å². The first kappa shape index (κ1) is 19.7. The first-order chi connectivity index (χ1) is 13.3. The monoisotopic (exact) mass is 387 g/mol. The number of rotatable bonds is 6. The molecule has 0 aromatic heterocycles. The SMILES string of the molecule is Cc1c(CO)cc([N+](=O)[O-])c(NCC2(O)CCCc3ccccc32)c1[N+](=O)[O-]. The summed E-state index contributed by atoms with van der Waals surface area (Å²) in [7, 11) is 0. The van der Waals surface area contributed by atoms with Crippen LogP contribution in [0.1, 0.15) is 35.1 Å². The number of nitro benzene ring substituents is 2. The number of aliphatic hydroxyl groups is 2. The standard InChI is InChI=1S/C19H21N3O6/c1-12-14(10-23)9-16(21(25)26)17(18(12)22(27)28)20-11-19(24)8-4-6-13-5-2-3-7-15(13)19/h2-3,5,7,9,20,23-24H,4,6,8,10-11H2,1H3. The number of benzene rings is 2. The van der Waals surface area contributed by atoms with E-state index in [1.807, 2.05) is 12.1 Å². The van der Waals surface area contributed by atoms with Gasteiger partial charge in [-0.1, -0.05) is 24.3 Å². The second kappa shape index (κ2) is 7.53. The molecule has 3 rings (SSSR count). The van der Waals surface area contributed by atoms with Crippen molar-refractivity contribution in [2.24, 2.45) is 0 Å². The zero-order valence-electron chi connectivity index (χ0n) is 15.3. The van der Waals surface area contributed by atoms with Gasteiger partial charge in [0.2, 0.25) is 0 Å². The summed E-state index contributed by atoms with van der Waals surface area (Å²) in [4.78, 5) is 21.7. The molecule has 1 aliphatic rings. The summed E-state index contributed by atoms with van der Waals surface area (Å²) in [6.07, 6.45) is 2.00. The molecule has 2 aromatic rings. The van der Waals surface area contributed by atoms with Crippen molar-refractivity contribution in [1.29, 1.82) is 0 Å². The third-order valence-electron chi connectivity index (χ3n) is 5.30. The summed E-state index contributed by atoms with van der Waals surface area (Å²) < 4.78 is 0. The van der Waals surface area contributed by atoms with E-state index in [9.17, 15) is 30.4 Å². The van der Waals surface area contributed by atoms with Crippen LogP contribution in [0, 0.1) is 27.2 Å². The highest BCUT2D eigenvalue weighted by atomic mass is 16.6. The van der Waals surface area contributed by atoms with Crippen molar-refractivity contribution in [2.75, 3.05) is 11.9 Å². The Morgan fingerprint density at radius 1 is 1.21 bits per heavy atom. The Balaban J connectivity index is 2.04. The predicted octanol–water partition coefficient (Wildman–Crippen LogP) is 2.94. The van der Waals surface area contributed by atoms with Crippen molar-refractivity contribution in [3.05, 3.63) is 72.8 Å². The van der Waals surface area contributed by atoms with Gasteiger partial charge in [0.05, 0.1) is 16.5 Å². The molecule has 28 heavy (non-hydrogen) atoms. The van der Waals surface area contributed by atoms with Gasteiger partial charge in [0.15, 0.2) is 5.69 Å². The predicted molar refractivity (Wildman–Crippen MR) is 102 cm³/mol. The number of hydrogen-bond acceptors (Lipinski definition) is 7. The van der Waals surface area contributed by atoms with Crippen molar-refractivity contribution >= 4 is 17.1 Å². The molecule has 0 spiro atoms. The summed E-state index contributed by atoms with van der Waals surface area (Å²) >= 11 is 0. The van der Waals surface area contributed by atoms with E-state index in [2.05, 4.69) is 5.32 Å². The van der Waals surface area contributed by atoms with Gasteiger partial charge in [-0.2, -0.15) is 0 Å². The number of nitrogens with one attached hydrogen (secondary N) is 1. The molecule has 9 heteroatoms. The molecule has 2 aromatic carbocycles. The summed E-state index contributed by atoms with van der Waals surface area (Å²) in [6.45, 7) is 0.776. The second-order valence-electron chi connectivity index (χ2n) is 6.97. The number of fused-ring (bicyclic) bond motifs is 1.